The maximum atomic E-state index is 12.4. The molecule has 2 aromatic heterocycles. The monoisotopic (exact) mass is 455 g/mol. The summed E-state index contributed by atoms with van der Waals surface area (Å²) in [4.78, 5) is 23.5. The molecule has 5 atom stereocenters. The molecule has 0 aliphatic carbocycles. The van der Waals surface area contributed by atoms with Crippen molar-refractivity contribution in [3.05, 3.63) is 39.6 Å². The Balaban J connectivity index is 1.70. The van der Waals surface area contributed by atoms with Crippen molar-refractivity contribution in [3.8, 4) is 11.4 Å². The Morgan fingerprint density at radius 2 is 2.10 bits per heavy atom. The molecule has 5 rings (SSSR count). The number of ether oxygens (including phenoxy) is 1. The number of nitrogen functional groups attached to an aromatic ring is 1. The first-order chi connectivity index (χ1) is 13.9. The minimum Gasteiger partial charge on any atom is -0.386 e. The Kier molecular flexibility index (Phi) is 4.78. The highest BCUT2D eigenvalue weighted by Gasteiger charge is 2.50. The van der Waals surface area contributed by atoms with Crippen LogP contribution >= 0.6 is 31.4 Å². The molecule has 2 aliphatic rings. The number of fused-ring (bicyclic) bond motifs is 2. The Morgan fingerprint density at radius 3 is 2.86 bits per heavy atom. The third-order valence-electron chi connectivity index (χ3n) is 4.80. The van der Waals surface area contributed by atoms with Gasteiger partial charge in [-0.3, -0.25) is 14.3 Å². The number of hydrogen-bond acceptors (Lipinski definition) is 9. The number of imidazole rings is 1. The number of aromatic nitrogens is 4. The molecule has 2 fully saturated rings. The molecule has 0 radical (unpaired) electrons. The number of nitrogens with zero attached hydrogens (tertiary/aromatic N) is 3. The average molecular weight is 456 g/mol. The molecule has 0 spiro atoms. The number of nitrogens with one attached hydrogen (secondary N) is 1. The van der Waals surface area contributed by atoms with Crippen LogP contribution < -0.4 is 11.3 Å². The van der Waals surface area contributed by atoms with E-state index in [2.05, 4.69) is 27.2 Å². The fourth-order valence-electron chi connectivity index (χ4n) is 3.51. The van der Waals surface area contributed by atoms with Gasteiger partial charge in [-0.05, 0) is 24.3 Å². The molecule has 0 amide bonds. The van der Waals surface area contributed by atoms with Gasteiger partial charge in [0, 0.05) is 10.6 Å². The normalized spacial score (nSPS) is 29.3. The highest BCUT2D eigenvalue weighted by Crippen LogP contribution is 2.52. The fourth-order valence-corrected chi connectivity index (χ4v) is 4.97. The van der Waals surface area contributed by atoms with Crippen LogP contribution in [0.3, 0.4) is 0 Å². The molecule has 0 saturated carbocycles. The van der Waals surface area contributed by atoms with Crippen LogP contribution in [0.5, 0.6) is 0 Å². The molecule has 3 aromatic rings. The zero-order valence-electron chi connectivity index (χ0n) is 14.6. The van der Waals surface area contributed by atoms with Crippen LogP contribution in [0.4, 0.5) is 5.95 Å². The lowest BCUT2D eigenvalue weighted by Gasteiger charge is -2.28. The second kappa shape index (κ2) is 7.21. The van der Waals surface area contributed by atoms with E-state index in [9.17, 15) is 9.90 Å². The molecule has 2 saturated heterocycles. The molecular formula is C16H15ClN5O5PS. The highest BCUT2D eigenvalue weighted by atomic mass is 35.5. The van der Waals surface area contributed by atoms with Gasteiger partial charge in [-0.1, -0.05) is 23.8 Å². The van der Waals surface area contributed by atoms with Gasteiger partial charge < -0.3 is 24.6 Å². The second-order valence-corrected chi connectivity index (χ2v) is 8.96. The van der Waals surface area contributed by atoms with Crippen molar-refractivity contribution in [1.82, 2.24) is 19.5 Å². The minimum atomic E-state index is -1.40. The van der Waals surface area contributed by atoms with Crippen LogP contribution in [-0.2, 0) is 13.8 Å². The van der Waals surface area contributed by atoms with Gasteiger partial charge in [0.25, 0.3) is 5.56 Å². The average Bonchev–Trinajstić information content (AvgIpc) is 3.21. The summed E-state index contributed by atoms with van der Waals surface area (Å²) < 4.78 is 18.6. The maximum absolute atomic E-state index is 12.4. The third-order valence-corrected chi connectivity index (χ3v) is 6.47. The molecule has 0 bridgehead atoms. The molecule has 4 N–H and O–H groups in total. The number of thiol groups is 1. The molecule has 4 heterocycles. The van der Waals surface area contributed by atoms with Crippen molar-refractivity contribution in [2.45, 2.75) is 24.5 Å². The maximum Gasteiger partial charge on any atom is 0.280 e. The number of rotatable bonds is 2. The van der Waals surface area contributed by atoms with Crippen LogP contribution in [-0.4, -0.2) is 49.5 Å². The van der Waals surface area contributed by atoms with Gasteiger partial charge >= 0.3 is 0 Å². The number of aliphatic hydroxyl groups is 1. The predicted octanol–water partition coefficient (Wildman–Crippen LogP) is 1.85. The number of nitrogens with two attached hydrogens (primary N) is 1. The lowest BCUT2D eigenvalue weighted by molar-refractivity contribution is -0.0518. The molecule has 29 heavy (non-hydrogen) atoms. The van der Waals surface area contributed by atoms with Gasteiger partial charge in [-0.15, -0.1) is 0 Å². The number of halogens is 1. The summed E-state index contributed by atoms with van der Waals surface area (Å²) in [7, 11) is -1.40. The smallest absolute Gasteiger partial charge is 0.280 e. The number of anilines is 1. The number of aromatic amines is 1. The number of benzene rings is 1. The van der Waals surface area contributed by atoms with E-state index in [1.165, 1.54) is 0 Å². The van der Waals surface area contributed by atoms with E-state index in [1.807, 2.05) is 0 Å². The molecule has 2 aliphatic heterocycles. The standard InChI is InChI=1S/C16H15ClN5O5PS/c17-7-3-1-6(2-4-7)12-19-9-13(20-16(18)21-14(9)24)22(12)15-10(23)11-8(26-15)5-25-28(29)27-11/h1-4,8,10-11,15,23,29H,5H2,(H3,18,20,21,24)/t8?,10?,11-,15-,28-/m1/s1. The van der Waals surface area contributed by atoms with Crippen LogP contribution in [0.1, 0.15) is 6.23 Å². The van der Waals surface area contributed by atoms with Gasteiger partial charge in [0.2, 0.25) is 13.5 Å². The highest BCUT2D eigenvalue weighted by molar-refractivity contribution is 8.41. The van der Waals surface area contributed by atoms with Crippen LogP contribution in [0.25, 0.3) is 22.6 Å². The summed E-state index contributed by atoms with van der Waals surface area (Å²) in [5.74, 6) is 0.298. The van der Waals surface area contributed by atoms with E-state index in [-0.39, 0.29) is 23.7 Å². The number of hydrogen-bond donors (Lipinski definition) is 4. The van der Waals surface area contributed by atoms with Gasteiger partial charge in [0.05, 0.1) is 6.61 Å². The van der Waals surface area contributed by atoms with Crippen molar-refractivity contribution < 1.29 is 18.9 Å². The first-order valence-electron chi connectivity index (χ1n) is 8.58. The van der Waals surface area contributed by atoms with E-state index in [0.717, 1.165) is 0 Å². The Hall–Kier alpha value is -1.72. The van der Waals surface area contributed by atoms with E-state index >= 15 is 0 Å². The Labute approximate surface area is 175 Å². The zero-order chi connectivity index (χ0) is 20.3. The van der Waals surface area contributed by atoms with Crippen molar-refractivity contribution in [3.63, 3.8) is 0 Å². The zero-order valence-corrected chi connectivity index (χ0v) is 17.1. The number of H-pyrrole nitrogens is 1. The minimum absolute atomic E-state index is 0.0726. The Morgan fingerprint density at radius 1 is 1.34 bits per heavy atom. The van der Waals surface area contributed by atoms with E-state index in [4.69, 9.17) is 31.1 Å². The summed E-state index contributed by atoms with van der Waals surface area (Å²) in [5.41, 5.74) is 6.17. The molecule has 1 aromatic carbocycles. The molecule has 13 heteroatoms. The summed E-state index contributed by atoms with van der Waals surface area (Å²) in [5, 5.41) is 11.5. The summed E-state index contributed by atoms with van der Waals surface area (Å²) >= 11 is 10.2. The van der Waals surface area contributed by atoms with E-state index < -0.39 is 37.7 Å². The predicted molar refractivity (Wildman–Crippen MR) is 110 cm³/mol. The Bertz CT molecular complexity index is 1140. The van der Waals surface area contributed by atoms with Gasteiger partial charge in [-0.2, -0.15) is 4.98 Å². The second-order valence-electron chi connectivity index (χ2n) is 6.60. The number of aliphatic hydroxyl groups excluding tert-OH is 1. The molecule has 10 nitrogen and oxygen atoms in total. The summed E-state index contributed by atoms with van der Waals surface area (Å²) in [6, 6.07) is 6.89. The van der Waals surface area contributed by atoms with Crippen molar-refractivity contribution in [1.29, 1.82) is 0 Å². The van der Waals surface area contributed by atoms with Crippen molar-refractivity contribution in [2.24, 2.45) is 0 Å². The fraction of sp³-hybridized carbons (Fsp3) is 0.312. The quantitative estimate of drug-likeness (QED) is 0.339. The van der Waals surface area contributed by atoms with E-state index in [1.54, 1.807) is 28.8 Å². The van der Waals surface area contributed by atoms with Gasteiger partial charge in [0.1, 0.15) is 24.1 Å². The SMILES string of the molecule is Nc1nc2c(nc(-c3ccc(Cl)cc3)n2[C@@H]2OC3CO[P@@](S)O[C@H]3C2O)c(=O)[nH]1. The largest absolute Gasteiger partial charge is 0.386 e. The lowest BCUT2D eigenvalue weighted by atomic mass is 10.1. The third kappa shape index (κ3) is 3.23. The topological polar surface area (TPSA) is 138 Å². The van der Waals surface area contributed by atoms with Crippen molar-refractivity contribution >= 4 is 48.5 Å². The molecule has 152 valence electrons. The molecular weight excluding hydrogens is 441 g/mol. The van der Waals surface area contributed by atoms with Gasteiger partial charge in [-0.25, -0.2) is 4.98 Å². The van der Waals surface area contributed by atoms with Crippen LogP contribution in [0.2, 0.25) is 5.02 Å². The molecule has 2 unspecified atom stereocenters. The van der Waals surface area contributed by atoms with Gasteiger partial charge in [0.15, 0.2) is 17.4 Å². The lowest BCUT2D eigenvalue weighted by Crippen LogP contribution is -2.37. The summed E-state index contributed by atoms with van der Waals surface area (Å²) in [6.07, 6.45) is -3.12. The van der Waals surface area contributed by atoms with Crippen LogP contribution in [0.15, 0.2) is 29.1 Å². The summed E-state index contributed by atoms with van der Waals surface area (Å²) in [6.45, 7) is 0.229. The van der Waals surface area contributed by atoms with Crippen molar-refractivity contribution in [2.75, 3.05) is 12.3 Å². The first kappa shape index (κ1) is 19.3. The van der Waals surface area contributed by atoms with E-state index in [0.29, 0.717) is 16.4 Å². The van der Waals surface area contributed by atoms with Crippen LogP contribution in [0, 0.1) is 0 Å². The first-order valence-corrected chi connectivity index (χ1v) is 11.3.